The van der Waals surface area contributed by atoms with E-state index < -0.39 is 0 Å². The molecule has 0 aliphatic heterocycles. The number of nitrogens with zero attached hydrogens (tertiary/aromatic N) is 4. The Bertz CT molecular complexity index is 755. The van der Waals surface area contributed by atoms with E-state index in [1.54, 1.807) is 35.5 Å². The van der Waals surface area contributed by atoms with Crippen molar-refractivity contribution in [3.05, 3.63) is 64.7 Å². The van der Waals surface area contributed by atoms with Gasteiger partial charge in [-0.3, -0.25) is 4.99 Å². The summed E-state index contributed by atoms with van der Waals surface area (Å²) >= 11 is 1.69. The summed E-state index contributed by atoms with van der Waals surface area (Å²) in [5.41, 5.74) is 2.37. The van der Waals surface area contributed by atoms with Crippen molar-refractivity contribution in [1.82, 2.24) is 25.4 Å². The van der Waals surface area contributed by atoms with Crippen LogP contribution in [0.5, 0.6) is 0 Å². The van der Waals surface area contributed by atoms with E-state index in [-0.39, 0.29) is 24.0 Å². The van der Waals surface area contributed by atoms with Gasteiger partial charge in [-0.05, 0) is 46.2 Å². The highest BCUT2D eigenvalue weighted by molar-refractivity contribution is 14.0. The summed E-state index contributed by atoms with van der Waals surface area (Å²) in [6.45, 7) is 1.43. The fourth-order valence-electron chi connectivity index (χ4n) is 2.09. The molecule has 0 aromatic carbocycles. The van der Waals surface area contributed by atoms with E-state index in [2.05, 4.69) is 42.5 Å². The van der Waals surface area contributed by atoms with E-state index in [1.807, 2.05) is 24.4 Å². The van der Waals surface area contributed by atoms with E-state index in [4.69, 9.17) is 0 Å². The van der Waals surface area contributed by atoms with Gasteiger partial charge in [-0.25, -0.2) is 9.67 Å². The smallest absolute Gasteiger partial charge is 0.191 e. The van der Waals surface area contributed by atoms with Crippen molar-refractivity contribution < 1.29 is 0 Å². The summed E-state index contributed by atoms with van der Waals surface area (Å²) in [5, 5.41) is 15.0. The van der Waals surface area contributed by atoms with E-state index in [1.165, 1.54) is 5.56 Å². The van der Waals surface area contributed by atoms with E-state index >= 15 is 0 Å². The Labute approximate surface area is 162 Å². The van der Waals surface area contributed by atoms with Crippen molar-refractivity contribution in [2.45, 2.75) is 13.1 Å². The van der Waals surface area contributed by atoms with E-state index in [9.17, 15) is 0 Å². The van der Waals surface area contributed by atoms with Gasteiger partial charge >= 0.3 is 0 Å². The Morgan fingerprint density at radius 2 is 2.04 bits per heavy atom. The summed E-state index contributed by atoms with van der Waals surface area (Å²) in [6, 6.07) is 7.96. The van der Waals surface area contributed by atoms with Gasteiger partial charge in [-0.1, -0.05) is 0 Å². The van der Waals surface area contributed by atoms with Gasteiger partial charge in [0.2, 0.25) is 0 Å². The SMILES string of the molecule is CN=C(NCc1ccsc1)NCc1ccnc(-n2cccn2)c1.I. The van der Waals surface area contributed by atoms with Crippen molar-refractivity contribution in [3.8, 4) is 5.82 Å². The highest BCUT2D eigenvalue weighted by atomic mass is 127. The second kappa shape index (κ2) is 9.38. The number of aliphatic imine (C=N–C) groups is 1. The maximum atomic E-state index is 4.33. The number of aromatic nitrogens is 3. The van der Waals surface area contributed by atoms with Gasteiger partial charge in [0.05, 0.1) is 0 Å². The minimum Gasteiger partial charge on any atom is -0.352 e. The molecular formula is C16H19IN6S. The molecule has 0 radical (unpaired) electrons. The number of nitrogens with one attached hydrogen (secondary N) is 2. The van der Waals surface area contributed by atoms with Crippen LogP contribution in [0.15, 0.2) is 58.6 Å². The molecule has 3 rings (SSSR count). The van der Waals surface area contributed by atoms with Crippen LogP contribution in [0, 0.1) is 0 Å². The summed E-state index contributed by atoms with van der Waals surface area (Å²) in [6.07, 6.45) is 5.40. The minimum absolute atomic E-state index is 0. The molecule has 126 valence electrons. The van der Waals surface area contributed by atoms with Crippen LogP contribution in [0.25, 0.3) is 5.82 Å². The number of rotatable bonds is 5. The van der Waals surface area contributed by atoms with E-state index in [0.29, 0.717) is 6.54 Å². The molecule has 0 fully saturated rings. The Balaban J connectivity index is 0.00000208. The molecule has 0 unspecified atom stereocenters. The zero-order valence-electron chi connectivity index (χ0n) is 13.2. The lowest BCUT2D eigenvalue weighted by Crippen LogP contribution is -2.36. The molecule has 0 bridgehead atoms. The number of guanidine groups is 1. The third-order valence-electron chi connectivity index (χ3n) is 3.27. The molecule has 0 amide bonds. The number of thiophene rings is 1. The Morgan fingerprint density at radius 3 is 2.71 bits per heavy atom. The van der Waals surface area contributed by atoms with Crippen molar-refractivity contribution in [2.24, 2.45) is 4.99 Å². The molecule has 24 heavy (non-hydrogen) atoms. The number of pyridine rings is 1. The van der Waals surface area contributed by atoms with Crippen molar-refractivity contribution in [1.29, 1.82) is 0 Å². The average Bonchev–Trinajstić information content (AvgIpc) is 3.29. The van der Waals surface area contributed by atoms with E-state index in [0.717, 1.165) is 23.9 Å². The van der Waals surface area contributed by atoms with Gasteiger partial charge in [-0.15, -0.1) is 24.0 Å². The predicted molar refractivity (Wildman–Crippen MR) is 108 cm³/mol. The molecule has 0 saturated heterocycles. The highest BCUT2D eigenvalue weighted by Crippen LogP contribution is 2.06. The summed E-state index contributed by atoms with van der Waals surface area (Å²) in [5.74, 6) is 1.57. The number of halogens is 1. The van der Waals surface area contributed by atoms with Crippen LogP contribution in [0.4, 0.5) is 0 Å². The molecule has 0 saturated carbocycles. The molecule has 3 aromatic rings. The average molecular weight is 454 g/mol. The van der Waals surface area contributed by atoms with Gasteiger partial charge in [0.1, 0.15) is 0 Å². The largest absolute Gasteiger partial charge is 0.352 e. The van der Waals surface area contributed by atoms with Crippen LogP contribution in [0.1, 0.15) is 11.1 Å². The van der Waals surface area contributed by atoms with Crippen molar-refractivity contribution >= 4 is 41.3 Å². The van der Waals surface area contributed by atoms with Crippen LogP contribution in [0.2, 0.25) is 0 Å². The molecule has 0 atom stereocenters. The Hall–Kier alpha value is -1.94. The van der Waals surface area contributed by atoms with Gasteiger partial charge < -0.3 is 10.6 Å². The topological polar surface area (TPSA) is 67.1 Å². The molecule has 0 spiro atoms. The second-order valence-corrected chi connectivity index (χ2v) is 5.66. The quantitative estimate of drug-likeness (QED) is 0.354. The lowest BCUT2D eigenvalue weighted by atomic mass is 10.2. The zero-order valence-corrected chi connectivity index (χ0v) is 16.4. The lowest BCUT2D eigenvalue weighted by molar-refractivity contribution is 0.801. The maximum Gasteiger partial charge on any atom is 0.191 e. The fourth-order valence-corrected chi connectivity index (χ4v) is 2.75. The van der Waals surface area contributed by atoms with Gasteiger partial charge in [0.15, 0.2) is 11.8 Å². The number of hydrogen-bond donors (Lipinski definition) is 2. The van der Waals surface area contributed by atoms with Crippen LogP contribution < -0.4 is 10.6 Å². The molecular weight excluding hydrogens is 435 g/mol. The first kappa shape index (κ1) is 18.4. The minimum atomic E-state index is 0. The summed E-state index contributed by atoms with van der Waals surface area (Å²) in [4.78, 5) is 8.57. The van der Waals surface area contributed by atoms with Crippen molar-refractivity contribution in [2.75, 3.05) is 7.05 Å². The predicted octanol–water partition coefficient (Wildman–Crippen LogP) is 2.81. The van der Waals surface area contributed by atoms with Crippen molar-refractivity contribution in [3.63, 3.8) is 0 Å². The van der Waals surface area contributed by atoms with Crippen LogP contribution in [0.3, 0.4) is 0 Å². The monoisotopic (exact) mass is 454 g/mol. The molecule has 6 nitrogen and oxygen atoms in total. The third kappa shape index (κ3) is 5.03. The lowest BCUT2D eigenvalue weighted by Gasteiger charge is -2.12. The molecule has 8 heteroatoms. The molecule has 0 aliphatic carbocycles. The molecule has 3 heterocycles. The van der Waals surface area contributed by atoms with Crippen LogP contribution in [-0.4, -0.2) is 27.8 Å². The highest BCUT2D eigenvalue weighted by Gasteiger charge is 2.02. The van der Waals surface area contributed by atoms with Gasteiger partial charge in [0.25, 0.3) is 0 Å². The summed E-state index contributed by atoms with van der Waals surface area (Å²) < 4.78 is 1.74. The normalized spacial score (nSPS) is 11.0. The van der Waals surface area contributed by atoms with Gasteiger partial charge in [-0.2, -0.15) is 16.4 Å². The molecule has 2 N–H and O–H groups in total. The van der Waals surface area contributed by atoms with Crippen LogP contribution >= 0.6 is 35.3 Å². The Kier molecular flexibility index (Phi) is 7.19. The standard InChI is InChI=1S/C16H18N6S.HI/c1-17-16(20-11-14-4-8-23-12-14)19-10-13-3-6-18-15(9-13)22-7-2-5-21-22;/h2-9,12H,10-11H2,1H3,(H2,17,19,20);1H. The molecule has 3 aromatic heterocycles. The first-order chi connectivity index (χ1) is 11.3. The summed E-state index contributed by atoms with van der Waals surface area (Å²) in [7, 11) is 1.77. The maximum absolute atomic E-state index is 4.33. The zero-order chi connectivity index (χ0) is 15.9. The molecule has 0 aliphatic rings. The Morgan fingerprint density at radius 1 is 1.21 bits per heavy atom. The van der Waals surface area contributed by atoms with Crippen LogP contribution in [-0.2, 0) is 13.1 Å². The first-order valence-corrected chi connectivity index (χ1v) is 8.20. The second-order valence-electron chi connectivity index (χ2n) is 4.88. The van der Waals surface area contributed by atoms with Gasteiger partial charge in [0, 0.05) is 38.7 Å². The fraction of sp³-hybridized carbons (Fsp3) is 0.188. The number of hydrogen-bond acceptors (Lipinski definition) is 4. The first-order valence-electron chi connectivity index (χ1n) is 7.25. The third-order valence-corrected chi connectivity index (χ3v) is 4.00.